The highest BCUT2D eigenvalue weighted by atomic mass is 19.1. The van der Waals surface area contributed by atoms with Crippen LogP contribution in [0.2, 0.25) is 0 Å². The Bertz CT molecular complexity index is 873. The van der Waals surface area contributed by atoms with Crippen LogP contribution in [0.25, 0.3) is 11.0 Å². The van der Waals surface area contributed by atoms with Crippen molar-refractivity contribution < 1.29 is 14.0 Å². The fraction of sp³-hybridized carbons (Fsp3) is 0.118. The Morgan fingerprint density at radius 1 is 1.17 bits per heavy atom. The number of benzene rings is 2. The normalized spacial score (nSPS) is 11.9. The van der Waals surface area contributed by atoms with E-state index in [0.29, 0.717) is 5.95 Å². The van der Waals surface area contributed by atoms with Gasteiger partial charge < -0.3 is 10.3 Å². The summed E-state index contributed by atoms with van der Waals surface area (Å²) in [5, 5.41) is 5.12. The smallest absolute Gasteiger partial charge is 0.252 e. The quantitative estimate of drug-likeness (QED) is 0.688. The Kier molecular flexibility index (Phi) is 4.24. The number of anilines is 1. The Labute approximate surface area is 137 Å². The molecule has 3 aromatic rings. The molecule has 0 aliphatic carbocycles. The number of nitrogens with zero attached hydrogens (tertiary/aromatic N) is 1. The monoisotopic (exact) mass is 326 g/mol. The third-order valence-electron chi connectivity index (χ3n) is 3.46. The van der Waals surface area contributed by atoms with E-state index in [1.54, 1.807) is 0 Å². The van der Waals surface area contributed by atoms with Crippen molar-refractivity contribution >= 4 is 28.8 Å². The molecule has 1 heterocycles. The number of fused-ring (bicyclic) bond motifs is 1. The average molecular weight is 326 g/mol. The van der Waals surface area contributed by atoms with E-state index in [2.05, 4.69) is 20.6 Å². The van der Waals surface area contributed by atoms with E-state index in [1.807, 2.05) is 24.3 Å². The lowest BCUT2D eigenvalue weighted by Crippen LogP contribution is -2.41. The van der Waals surface area contributed by atoms with Crippen LogP contribution < -0.4 is 10.6 Å². The molecule has 0 radical (unpaired) electrons. The Balaban J connectivity index is 1.65. The topological polar surface area (TPSA) is 86.9 Å². The lowest BCUT2D eigenvalue weighted by molar-refractivity contribution is -0.117. The molecule has 24 heavy (non-hydrogen) atoms. The second-order valence-electron chi connectivity index (χ2n) is 5.30. The van der Waals surface area contributed by atoms with E-state index in [0.717, 1.165) is 17.1 Å². The van der Waals surface area contributed by atoms with E-state index in [1.165, 1.54) is 25.1 Å². The minimum Gasteiger partial charge on any atom is -0.341 e. The van der Waals surface area contributed by atoms with Crippen molar-refractivity contribution in [3.05, 3.63) is 59.9 Å². The highest BCUT2D eigenvalue weighted by Gasteiger charge is 2.18. The highest BCUT2D eigenvalue weighted by molar-refractivity contribution is 6.00. The Morgan fingerprint density at radius 2 is 1.96 bits per heavy atom. The number of H-pyrrole nitrogens is 1. The molecule has 2 aromatic carbocycles. The number of aromatic nitrogens is 2. The van der Waals surface area contributed by atoms with Crippen molar-refractivity contribution in [1.29, 1.82) is 0 Å². The zero-order valence-electron chi connectivity index (χ0n) is 12.8. The fourth-order valence-corrected chi connectivity index (χ4v) is 2.21. The largest absolute Gasteiger partial charge is 0.341 e. The summed E-state index contributed by atoms with van der Waals surface area (Å²) in [5.74, 6) is -1.17. The second-order valence-corrected chi connectivity index (χ2v) is 5.30. The summed E-state index contributed by atoms with van der Waals surface area (Å²) in [4.78, 5) is 31.4. The maximum atomic E-state index is 13.1. The number of amides is 2. The van der Waals surface area contributed by atoms with Crippen molar-refractivity contribution in [2.75, 3.05) is 5.32 Å². The molecule has 7 heteroatoms. The van der Waals surface area contributed by atoms with Crippen LogP contribution in [0, 0.1) is 5.82 Å². The zero-order chi connectivity index (χ0) is 17.1. The molecule has 0 bridgehead atoms. The van der Waals surface area contributed by atoms with Crippen LogP contribution in [0.4, 0.5) is 10.3 Å². The van der Waals surface area contributed by atoms with Crippen molar-refractivity contribution in [3.8, 4) is 0 Å². The summed E-state index contributed by atoms with van der Waals surface area (Å²) >= 11 is 0. The molecule has 0 aliphatic heterocycles. The van der Waals surface area contributed by atoms with E-state index in [9.17, 15) is 14.0 Å². The number of carbonyl (C=O) groups excluding carboxylic acids is 2. The van der Waals surface area contributed by atoms with Crippen molar-refractivity contribution in [3.63, 3.8) is 0 Å². The SMILES string of the molecule is C[C@@H](NC(=O)c1cccc(F)c1)C(=O)Nc1nc2ccccc2[nH]1. The summed E-state index contributed by atoms with van der Waals surface area (Å²) < 4.78 is 13.1. The summed E-state index contributed by atoms with van der Waals surface area (Å²) in [6.07, 6.45) is 0. The van der Waals surface area contributed by atoms with E-state index < -0.39 is 23.7 Å². The molecule has 6 nitrogen and oxygen atoms in total. The van der Waals surface area contributed by atoms with E-state index in [-0.39, 0.29) is 5.56 Å². The molecule has 122 valence electrons. The van der Waals surface area contributed by atoms with Gasteiger partial charge in [-0.05, 0) is 37.3 Å². The van der Waals surface area contributed by atoms with Gasteiger partial charge in [-0.15, -0.1) is 0 Å². The van der Waals surface area contributed by atoms with Gasteiger partial charge in [-0.3, -0.25) is 14.9 Å². The Hall–Kier alpha value is -3.22. The molecule has 0 fully saturated rings. The summed E-state index contributed by atoms with van der Waals surface area (Å²) in [7, 11) is 0. The van der Waals surface area contributed by atoms with Gasteiger partial charge in [0, 0.05) is 5.56 Å². The van der Waals surface area contributed by atoms with E-state index in [4.69, 9.17) is 0 Å². The zero-order valence-corrected chi connectivity index (χ0v) is 12.8. The van der Waals surface area contributed by atoms with Crippen molar-refractivity contribution in [2.45, 2.75) is 13.0 Å². The summed E-state index contributed by atoms with van der Waals surface area (Å²) in [6, 6.07) is 11.8. The predicted molar refractivity (Wildman–Crippen MR) is 88.1 cm³/mol. The van der Waals surface area contributed by atoms with E-state index >= 15 is 0 Å². The number of nitrogens with one attached hydrogen (secondary N) is 3. The van der Waals surface area contributed by atoms with Gasteiger partial charge in [0.1, 0.15) is 11.9 Å². The molecular formula is C17H15FN4O2. The van der Waals surface area contributed by atoms with Gasteiger partial charge >= 0.3 is 0 Å². The molecule has 1 aromatic heterocycles. The number of hydrogen-bond acceptors (Lipinski definition) is 3. The van der Waals surface area contributed by atoms with Crippen LogP contribution in [-0.2, 0) is 4.79 Å². The average Bonchev–Trinajstić information content (AvgIpc) is 2.96. The number of hydrogen-bond donors (Lipinski definition) is 3. The minimum atomic E-state index is -0.811. The highest BCUT2D eigenvalue weighted by Crippen LogP contribution is 2.13. The van der Waals surface area contributed by atoms with Gasteiger partial charge in [-0.25, -0.2) is 9.37 Å². The first-order valence-electron chi connectivity index (χ1n) is 7.35. The molecule has 0 spiro atoms. The lowest BCUT2D eigenvalue weighted by atomic mass is 10.2. The molecule has 1 atom stereocenters. The molecule has 0 aliphatic rings. The van der Waals surface area contributed by atoms with Gasteiger partial charge in [-0.2, -0.15) is 0 Å². The first-order chi connectivity index (χ1) is 11.5. The third kappa shape index (κ3) is 3.40. The molecule has 2 amide bonds. The molecular weight excluding hydrogens is 311 g/mol. The van der Waals surface area contributed by atoms with Gasteiger partial charge in [0.2, 0.25) is 11.9 Å². The number of halogens is 1. The third-order valence-corrected chi connectivity index (χ3v) is 3.46. The summed E-state index contributed by atoms with van der Waals surface area (Å²) in [6.45, 7) is 1.54. The first kappa shape index (κ1) is 15.7. The fourth-order valence-electron chi connectivity index (χ4n) is 2.21. The van der Waals surface area contributed by atoms with Crippen LogP contribution in [0.5, 0.6) is 0 Å². The predicted octanol–water partition coefficient (Wildman–Crippen LogP) is 2.46. The number of para-hydroxylation sites is 2. The standard InChI is InChI=1S/C17H15FN4O2/c1-10(19-16(24)11-5-4-6-12(18)9-11)15(23)22-17-20-13-7-2-3-8-14(13)21-17/h2-10H,1H3,(H,19,24)(H2,20,21,22,23)/t10-/m1/s1. The number of imidazole rings is 1. The van der Waals surface area contributed by atoms with Crippen LogP contribution in [-0.4, -0.2) is 27.8 Å². The minimum absolute atomic E-state index is 0.151. The molecule has 0 unspecified atom stereocenters. The number of carbonyl (C=O) groups is 2. The molecule has 3 rings (SSSR count). The second kappa shape index (κ2) is 6.49. The lowest BCUT2D eigenvalue weighted by Gasteiger charge is -2.13. The maximum absolute atomic E-state index is 13.1. The van der Waals surface area contributed by atoms with Crippen molar-refractivity contribution in [2.24, 2.45) is 0 Å². The first-order valence-corrected chi connectivity index (χ1v) is 7.35. The molecule has 0 saturated carbocycles. The van der Waals surface area contributed by atoms with Gasteiger partial charge in [0.05, 0.1) is 11.0 Å². The van der Waals surface area contributed by atoms with Crippen LogP contribution in [0.15, 0.2) is 48.5 Å². The molecule has 0 saturated heterocycles. The van der Waals surface area contributed by atoms with Gasteiger partial charge in [0.15, 0.2) is 0 Å². The van der Waals surface area contributed by atoms with Crippen molar-refractivity contribution in [1.82, 2.24) is 15.3 Å². The van der Waals surface area contributed by atoms with Crippen LogP contribution >= 0.6 is 0 Å². The van der Waals surface area contributed by atoms with Gasteiger partial charge in [0.25, 0.3) is 5.91 Å². The molecule has 3 N–H and O–H groups in total. The van der Waals surface area contributed by atoms with Crippen LogP contribution in [0.1, 0.15) is 17.3 Å². The Morgan fingerprint density at radius 3 is 2.71 bits per heavy atom. The van der Waals surface area contributed by atoms with Gasteiger partial charge in [-0.1, -0.05) is 18.2 Å². The maximum Gasteiger partial charge on any atom is 0.252 e. The summed E-state index contributed by atoms with van der Waals surface area (Å²) in [5.41, 5.74) is 1.67. The number of rotatable bonds is 4. The number of aromatic amines is 1. The van der Waals surface area contributed by atoms with Crippen LogP contribution in [0.3, 0.4) is 0 Å².